The van der Waals surface area contributed by atoms with Crippen LogP contribution in [0.3, 0.4) is 0 Å². The monoisotopic (exact) mass is 552 g/mol. The minimum Gasteiger partial charge on any atom is -0.321 e. The number of nitrogens with zero attached hydrogens (tertiary/aromatic N) is 1. The highest BCUT2D eigenvalue weighted by Crippen LogP contribution is 2.27. The van der Waals surface area contributed by atoms with Gasteiger partial charge in [0.25, 0.3) is 5.91 Å². The number of ketones is 1. The highest BCUT2D eigenvalue weighted by molar-refractivity contribution is 7.89. The molecule has 6 nitrogen and oxygen atoms in total. The van der Waals surface area contributed by atoms with E-state index in [1.54, 1.807) is 30.3 Å². The van der Waals surface area contributed by atoms with E-state index in [1.165, 1.54) is 47.8 Å². The second-order valence-corrected chi connectivity index (χ2v) is 11.1. The van der Waals surface area contributed by atoms with Crippen molar-refractivity contribution < 1.29 is 18.0 Å². The molecule has 0 aromatic heterocycles. The third kappa shape index (κ3) is 6.09. The zero-order chi connectivity index (χ0) is 26.6. The summed E-state index contributed by atoms with van der Waals surface area (Å²) in [5.41, 5.74) is 1.77. The molecular formula is C28H22Cl2N2O4S. The Bertz CT molecular complexity index is 1560. The number of benzene rings is 4. The summed E-state index contributed by atoms with van der Waals surface area (Å²) in [7, 11) is -2.27. The van der Waals surface area contributed by atoms with Crippen molar-refractivity contribution in [2.24, 2.45) is 0 Å². The first kappa shape index (κ1) is 26.6. The fourth-order valence-corrected chi connectivity index (χ4v) is 5.23. The lowest BCUT2D eigenvalue weighted by atomic mass is 10.0. The van der Waals surface area contributed by atoms with Gasteiger partial charge in [-0.2, -0.15) is 4.31 Å². The van der Waals surface area contributed by atoms with E-state index in [4.69, 9.17) is 23.2 Å². The van der Waals surface area contributed by atoms with Crippen molar-refractivity contribution in [3.63, 3.8) is 0 Å². The van der Waals surface area contributed by atoms with Crippen LogP contribution in [0.5, 0.6) is 0 Å². The largest absolute Gasteiger partial charge is 0.321 e. The molecule has 9 heteroatoms. The molecule has 0 bridgehead atoms. The van der Waals surface area contributed by atoms with Gasteiger partial charge in [-0.1, -0.05) is 65.7 Å². The molecule has 4 aromatic rings. The fraction of sp³-hybridized carbons (Fsp3) is 0.0714. The summed E-state index contributed by atoms with van der Waals surface area (Å²) < 4.78 is 27.2. The van der Waals surface area contributed by atoms with E-state index in [9.17, 15) is 18.0 Å². The molecule has 37 heavy (non-hydrogen) atoms. The van der Waals surface area contributed by atoms with Crippen molar-refractivity contribution in [1.29, 1.82) is 0 Å². The number of sulfonamides is 1. The molecule has 0 radical (unpaired) electrons. The van der Waals surface area contributed by atoms with Crippen LogP contribution in [-0.4, -0.2) is 31.5 Å². The van der Waals surface area contributed by atoms with Crippen LogP contribution in [0.4, 0.5) is 5.69 Å². The lowest BCUT2D eigenvalue weighted by Crippen LogP contribution is -2.26. The number of hydrogen-bond donors (Lipinski definition) is 1. The highest BCUT2D eigenvalue weighted by Gasteiger charge is 2.22. The van der Waals surface area contributed by atoms with Crippen molar-refractivity contribution >= 4 is 50.6 Å². The summed E-state index contributed by atoms with van der Waals surface area (Å²) in [4.78, 5) is 26.2. The summed E-state index contributed by atoms with van der Waals surface area (Å²) in [6, 6.07) is 26.0. The standard InChI is InChI=1S/C28H22Cl2N2O4S/c1-32(18-19-7-3-2-4-8-19)37(35,36)22-14-11-20(12-15-22)28(34)31-26-16-13-21(29)17-24(26)27(33)23-9-5-6-10-25(23)30/h2-17H,18H2,1H3,(H,31,34). The molecule has 0 atom stereocenters. The molecule has 1 amide bonds. The highest BCUT2D eigenvalue weighted by atomic mass is 35.5. The molecule has 0 aliphatic carbocycles. The van der Waals surface area contributed by atoms with Crippen LogP contribution in [0.1, 0.15) is 31.8 Å². The van der Waals surface area contributed by atoms with Crippen LogP contribution in [0, 0.1) is 0 Å². The van der Waals surface area contributed by atoms with E-state index < -0.39 is 21.7 Å². The van der Waals surface area contributed by atoms with Crippen LogP contribution in [0.15, 0.2) is 102 Å². The number of carbonyl (C=O) groups excluding carboxylic acids is 2. The van der Waals surface area contributed by atoms with E-state index in [0.29, 0.717) is 5.02 Å². The molecule has 0 spiro atoms. The zero-order valence-corrected chi connectivity index (χ0v) is 22.0. The predicted octanol–water partition coefficient (Wildman–Crippen LogP) is 6.30. The van der Waals surface area contributed by atoms with Crippen LogP contribution in [0.25, 0.3) is 0 Å². The van der Waals surface area contributed by atoms with Gasteiger partial charge in [0.1, 0.15) is 0 Å². The number of halogens is 2. The van der Waals surface area contributed by atoms with Gasteiger partial charge in [-0.25, -0.2) is 8.42 Å². The zero-order valence-electron chi connectivity index (χ0n) is 19.7. The van der Waals surface area contributed by atoms with Gasteiger partial charge in [0.2, 0.25) is 10.0 Å². The van der Waals surface area contributed by atoms with E-state index in [1.807, 2.05) is 30.3 Å². The Labute approximate surface area is 225 Å². The van der Waals surface area contributed by atoms with Crippen molar-refractivity contribution in [2.45, 2.75) is 11.4 Å². The van der Waals surface area contributed by atoms with Crippen LogP contribution >= 0.6 is 23.2 Å². The first-order valence-electron chi connectivity index (χ1n) is 11.2. The quantitative estimate of drug-likeness (QED) is 0.260. The molecule has 0 aliphatic heterocycles. The second-order valence-electron chi connectivity index (χ2n) is 8.22. The Balaban J connectivity index is 1.54. The minimum absolute atomic E-state index is 0.0589. The van der Waals surface area contributed by atoms with Crippen molar-refractivity contribution in [3.8, 4) is 0 Å². The van der Waals surface area contributed by atoms with Crippen LogP contribution < -0.4 is 5.32 Å². The summed E-state index contributed by atoms with van der Waals surface area (Å²) >= 11 is 12.3. The average Bonchev–Trinajstić information content (AvgIpc) is 2.90. The number of nitrogens with one attached hydrogen (secondary N) is 1. The fourth-order valence-electron chi connectivity index (χ4n) is 3.68. The molecule has 0 heterocycles. The summed E-state index contributed by atoms with van der Waals surface area (Å²) in [5.74, 6) is -0.914. The van der Waals surface area contributed by atoms with Crippen molar-refractivity contribution in [1.82, 2.24) is 4.31 Å². The predicted molar refractivity (Wildman–Crippen MR) is 146 cm³/mol. The third-order valence-electron chi connectivity index (χ3n) is 5.67. The number of carbonyl (C=O) groups is 2. The summed E-state index contributed by atoms with van der Waals surface area (Å²) in [6.07, 6.45) is 0. The molecule has 0 saturated heterocycles. The van der Waals surface area contributed by atoms with Crippen molar-refractivity contribution in [2.75, 3.05) is 12.4 Å². The molecule has 1 N–H and O–H groups in total. The Morgan fingerprint density at radius 2 is 1.46 bits per heavy atom. The topological polar surface area (TPSA) is 83.6 Å². The van der Waals surface area contributed by atoms with E-state index >= 15 is 0 Å². The smallest absolute Gasteiger partial charge is 0.255 e. The molecule has 0 saturated carbocycles. The minimum atomic E-state index is -3.77. The van der Waals surface area contributed by atoms with Gasteiger partial charge in [-0.3, -0.25) is 9.59 Å². The van der Waals surface area contributed by atoms with E-state index in [2.05, 4.69) is 5.32 Å². The Kier molecular flexibility index (Phi) is 8.10. The molecule has 0 aliphatic rings. The van der Waals surface area contributed by atoms with Gasteiger partial charge in [-0.05, 0) is 60.2 Å². The first-order chi connectivity index (χ1) is 17.7. The Morgan fingerprint density at radius 1 is 0.811 bits per heavy atom. The van der Waals surface area contributed by atoms with E-state index in [-0.39, 0.29) is 38.8 Å². The van der Waals surface area contributed by atoms with Crippen molar-refractivity contribution in [3.05, 3.63) is 129 Å². The summed E-state index contributed by atoms with van der Waals surface area (Å²) in [5, 5.41) is 3.31. The molecular weight excluding hydrogens is 531 g/mol. The molecule has 188 valence electrons. The SMILES string of the molecule is CN(Cc1ccccc1)S(=O)(=O)c1ccc(C(=O)Nc2ccc(Cl)cc2C(=O)c2ccccc2Cl)cc1. The second kappa shape index (κ2) is 11.3. The number of anilines is 1. The Morgan fingerprint density at radius 3 is 2.14 bits per heavy atom. The van der Waals surface area contributed by atoms with Gasteiger partial charge in [0.15, 0.2) is 5.78 Å². The number of hydrogen-bond acceptors (Lipinski definition) is 4. The maximum Gasteiger partial charge on any atom is 0.255 e. The van der Waals surface area contributed by atoms with Gasteiger partial charge in [0.05, 0.1) is 15.6 Å². The molecule has 0 fully saturated rings. The van der Waals surface area contributed by atoms with Gasteiger partial charge >= 0.3 is 0 Å². The molecule has 4 aromatic carbocycles. The maximum atomic E-state index is 13.1. The van der Waals surface area contributed by atoms with Gasteiger partial charge in [-0.15, -0.1) is 0 Å². The van der Waals surface area contributed by atoms with E-state index in [0.717, 1.165) is 5.56 Å². The lowest BCUT2D eigenvalue weighted by molar-refractivity contribution is 0.102. The Hall–Kier alpha value is -3.49. The number of amides is 1. The van der Waals surface area contributed by atoms with Gasteiger partial charge < -0.3 is 5.32 Å². The lowest BCUT2D eigenvalue weighted by Gasteiger charge is -2.17. The third-order valence-corrected chi connectivity index (χ3v) is 8.05. The average molecular weight is 553 g/mol. The first-order valence-corrected chi connectivity index (χ1v) is 13.4. The van der Waals surface area contributed by atoms with Gasteiger partial charge in [0, 0.05) is 35.3 Å². The maximum absolute atomic E-state index is 13.1. The van der Waals surface area contributed by atoms with Crippen LogP contribution in [-0.2, 0) is 16.6 Å². The normalized spacial score (nSPS) is 11.4. The molecule has 0 unspecified atom stereocenters. The van der Waals surface area contributed by atoms with Crippen LogP contribution in [0.2, 0.25) is 10.0 Å². The molecule has 4 rings (SSSR count). The summed E-state index contributed by atoms with van der Waals surface area (Å²) in [6.45, 7) is 0.213. The number of rotatable bonds is 8.